The van der Waals surface area contributed by atoms with Crippen molar-refractivity contribution in [2.24, 2.45) is 0 Å². The van der Waals surface area contributed by atoms with E-state index in [0.29, 0.717) is 5.56 Å². The van der Waals surface area contributed by atoms with Crippen LogP contribution in [0.15, 0.2) is 197 Å². The van der Waals surface area contributed by atoms with E-state index < -0.39 is 0 Å². The number of fused-ring (bicyclic) bond motifs is 14. The summed E-state index contributed by atoms with van der Waals surface area (Å²) in [5, 5.41) is 18.4. The van der Waals surface area contributed by atoms with Crippen LogP contribution in [0.5, 0.6) is 0 Å². The molecule has 9 aromatic carbocycles. The lowest BCUT2D eigenvalue weighted by molar-refractivity contribution is 0.672. The van der Waals surface area contributed by atoms with E-state index in [1.54, 1.807) is 0 Å². The minimum atomic E-state index is 0.642. The molecule has 13 rings (SSSR count). The van der Waals surface area contributed by atoms with Crippen LogP contribution in [0.3, 0.4) is 0 Å². The molecule has 0 saturated carbocycles. The summed E-state index contributed by atoms with van der Waals surface area (Å²) >= 11 is 0. The molecule has 13 aromatic rings. The van der Waals surface area contributed by atoms with E-state index in [1.807, 2.05) is 48.5 Å². The van der Waals surface area contributed by atoms with Crippen molar-refractivity contribution < 1.29 is 8.83 Å². The molecule has 60 heavy (non-hydrogen) atoms. The second kappa shape index (κ2) is 12.3. The smallest absolute Gasteiger partial charge is 0.145 e. The van der Waals surface area contributed by atoms with Gasteiger partial charge in [-0.05, 0) is 95.6 Å². The molecule has 4 aromatic heterocycles. The molecule has 0 bridgehead atoms. The summed E-state index contributed by atoms with van der Waals surface area (Å²) in [5.74, 6) is 0. The van der Waals surface area contributed by atoms with Crippen molar-refractivity contribution in [3.05, 3.63) is 194 Å². The standard InChI is InChI=1S/C55H31N3O2/c56-32-33-20-22-34(23-21-33)35-10-9-11-36(30-35)38-25-24-37(57-45-16-5-1-14-43(45)52-47(57)28-26-41-39-12-3-7-18-50(39)59-54(41)52)31-49(38)58-46-17-6-2-15-44(46)53-48(58)29-27-42-40-13-4-8-19-51(40)60-55(42)53/h1-31H. The van der Waals surface area contributed by atoms with Gasteiger partial charge in [-0.1, -0.05) is 109 Å². The van der Waals surface area contributed by atoms with Crippen LogP contribution in [0.2, 0.25) is 0 Å². The molecule has 4 heterocycles. The average molecular weight is 766 g/mol. The van der Waals surface area contributed by atoms with Gasteiger partial charge in [-0.3, -0.25) is 0 Å². The third-order valence-corrected chi connectivity index (χ3v) is 12.4. The Morgan fingerprint density at radius 2 is 0.933 bits per heavy atom. The average Bonchev–Trinajstić information content (AvgIpc) is 4.06. The van der Waals surface area contributed by atoms with Gasteiger partial charge in [0.15, 0.2) is 0 Å². The van der Waals surface area contributed by atoms with Crippen LogP contribution in [-0.2, 0) is 0 Å². The first-order chi connectivity index (χ1) is 29.7. The van der Waals surface area contributed by atoms with Gasteiger partial charge in [0.05, 0.1) is 50.2 Å². The van der Waals surface area contributed by atoms with Crippen molar-refractivity contribution in [2.75, 3.05) is 0 Å². The number of nitriles is 1. The van der Waals surface area contributed by atoms with Gasteiger partial charge < -0.3 is 18.0 Å². The van der Waals surface area contributed by atoms with Crippen molar-refractivity contribution >= 4 is 87.5 Å². The fraction of sp³-hybridized carbons (Fsp3) is 0. The summed E-state index contributed by atoms with van der Waals surface area (Å²) in [4.78, 5) is 0. The Balaban J connectivity index is 1.13. The lowest BCUT2D eigenvalue weighted by Gasteiger charge is -2.18. The van der Waals surface area contributed by atoms with E-state index in [0.717, 1.165) is 121 Å². The first-order valence-corrected chi connectivity index (χ1v) is 20.1. The molecule has 0 unspecified atom stereocenters. The summed E-state index contributed by atoms with van der Waals surface area (Å²) in [6, 6.07) is 68.4. The van der Waals surface area contributed by atoms with Gasteiger partial charge >= 0.3 is 0 Å². The van der Waals surface area contributed by atoms with Crippen molar-refractivity contribution in [1.29, 1.82) is 5.26 Å². The number of benzene rings is 9. The highest BCUT2D eigenvalue weighted by Crippen LogP contribution is 2.45. The Bertz CT molecular complexity index is 3960. The van der Waals surface area contributed by atoms with Crippen molar-refractivity contribution in [3.63, 3.8) is 0 Å². The summed E-state index contributed by atoms with van der Waals surface area (Å²) in [6.07, 6.45) is 0. The molecule has 5 nitrogen and oxygen atoms in total. The third kappa shape index (κ3) is 4.56. The Morgan fingerprint density at radius 1 is 0.383 bits per heavy atom. The number of hydrogen-bond donors (Lipinski definition) is 0. The second-order valence-corrected chi connectivity index (χ2v) is 15.5. The minimum Gasteiger partial charge on any atom is -0.455 e. The maximum absolute atomic E-state index is 9.48. The quantitative estimate of drug-likeness (QED) is 0.179. The zero-order chi connectivity index (χ0) is 39.5. The minimum absolute atomic E-state index is 0.642. The maximum atomic E-state index is 9.48. The topological polar surface area (TPSA) is 59.9 Å². The van der Waals surface area contributed by atoms with Crippen LogP contribution in [0.1, 0.15) is 5.56 Å². The van der Waals surface area contributed by atoms with Gasteiger partial charge in [0, 0.05) is 43.6 Å². The van der Waals surface area contributed by atoms with Crippen LogP contribution in [0.4, 0.5) is 0 Å². The predicted octanol–water partition coefficient (Wildman–Crippen LogP) is 14.9. The molecular formula is C55H31N3O2. The van der Waals surface area contributed by atoms with Gasteiger partial charge in [-0.25, -0.2) is 0 Å². The molecule has 5 heteroatoms. The number of aromatic nitrogens is 2. The summed E-state index contributed by atoms with van der Waals surface area (Å²) < 4.78 is 18.2. The SMILES string of the molecule is N#Cc1ccc(-c2cccc(-c3ccc(-n4c5ccccc5c5c6oc7ccccc7c6ccc54)cc3-n3c4ccccc4c4c5oc6ccccc6c5ccc43)c2)cc1. The van der Waals surface area contributed by atoms with Gasteiger partial charge in [-0.2, -0.15) is 5.26 Å². The zero-order valence-electron chi connectivity index (χ0n) is 32.1. The molecule has 0 amide bonds. The van der Waals surface area contributed by atoms with E-state index in [1.165, 1.54) is 0 Å². The third-order valence-electron chi connectivity index (χ3n) is 12.4. The Kier molecular flexibility index (Phi) is 6.73. The maximum Gasteiger partial charge on any atom is 0.145 e. The highest BCUT2D eigenvalue weighted by Gasteiger charge is 2.23. The lowest BCUT2D eigenvalue weighted by atomic mass is 9.97. The monoisotopic (exact) mass is 765 g/mol. The van der Waals surface area contributed by atoms with Crippen molar-refractivity contribution in [1.82, 2.24) is 9.13 Å². The fourth-order valence-corrected chi connectivity index (χ4v) is 9.70. The van der Waals surface area contributed by atoms with Crippen LogP contribution in [0, 0.1) is 11.3 Å². The number of rotatable bonds is 4. The Hall–Kier alpha value is -8.33. The van der Waals surface area contributed by atoms with Gasteiger partial charge in [0.2, 0.25) is 0 Å². The number of nitrogens with zero attached hydrogens (tertiary/aromatic N) is 3. The van der Waals surface area contributed by atoms with Gasteiger partial charge in [0.25, 0.3) is 0 Å². The van der Waals surface area contributed by atoms with E-state index in [2.05, 4.69) is 155 Å². The van der Waals surface area contributed by atoms with Crippen LogP contribution in [-0.4, -0.2) is 9.13 Å². The van der Waals surface area contributed by atoms with Crippen LogP contribution in [0.25, 0.3) is 121 Å². The molecule has 0 spiro atoms. The second-order valence-electron chi connectivity index (χ2n) is 15.5. The molecule has 0 aliphatic rings. The Morgan fingerprint density at radius 3 is 1.57 bits per heavy atom. The molecule has 0 atom stereocenters. The predicted molar refractivity (Wildman–Crippen MR) is 245 cm³/mol. The first kappa shape index (κ1) is 32.7. The number of hydrogen-bond acceptors (Lipinski definition) is 3. The molecule has 0 radical (unpaired) electrons. The van der Waals surface area contributed by atoms with Crippen molar-refractivity contribution in [2.45, 2.75) is 0 Å². The van der Waals surface area contributed by atoms with Gasteiger partial charge in [-0.15, -0.1) is 0 Å². The summed E-state index contributed by atoms with van der Waals surface area (Å²) in [7, 11) is 0. The largest absolute Gasteiger partial charge is 0.455 e. The zero-order valence-corrected chi connectivity index (χ0v) is 32.1. The molecule has 0 aliphatic carbocycles. The molecule has 0 N–H and O–H groups in total. The van der Waals surface area contributed by atoms with Crippen LogP contribution < -0.4 is 0 Å². The molecular weight excluding hydrogens is 735 g/mol. The number of furan rings is 2. The van der Waals surface area contributed by atoms with E-state index >= 15 is 0 Å². The molecule has 0 aliphatic heterocycles. The van der Waals surface area contributed by atoms with Gasteiger partial charge in [0.1, 0.15) is 22.3 Å². The summed E-state index contributed by atoms with van der Waals surface area (Å²) in [5.41, 5.74) is 14.9. The molecule has 0 fully saturated rings. The first-order valence-electron chi connectivity index (χ1n) is 20.1. The lowest BCUT2D eigenvalue weighted by Crippen LogP contribution is -2.01. The highest BCUT2D eigenvalue weighted by atomic mass is 16.3. The fourth-order valence-electron chi connectivity index (χ4n) is 9.70. The van der Waals surface area contributed by atoms with E-state index in [-0.39, 0.29) is 0 Å². The Labute approximate surface area is 342 Å². The van der Waals surface area contributed by atoms with Crippen LogP contribution >= 0.6 is 0 Å². The van der Waals surface area contributed by atoms with E-state index in [9.17, 15) is 5.26 Å². The molecule has 0 saturated heterocycles. The molecule has 278 valence electrons. The van der Waals surface area contributed by atoms with Crippen molar-refractivity contribution in [3.8, 4) is 39.7 Å². The number of para-hydroxylation sites is 4. The normalized spacial score (nSPS) is 12.0. The summed E-state index contributed by atoms with van der Waals surface area (Å²) in [6.45, 7) is 0. The highest BCUT2D eigenvalue weighted by molar-refractivity contribution is 6.25. The van der Waals surface area contributed by atoms with E-state index in [4.69, 9.17) is 8.83 Å².